The van der Waals surface area contributed by atoms with Crippen LogP contribution in [-0.4, -0.2) is 6.04 Å². The molecular weight excluding hydrogens is 350 g/mol. The Kier molecular flexibility index (Phi) is 4.53. The van der Waals surface area contributed by atoms with Gasteiger partial charge in [0.25, 0.3) is 0 Å². The largest absolute Gasteiger partial charge is 0.456 e. The number of aryl methyl sites for hydroxylation is 1. The highest BCUT2D eigenvalue weighted by atomic mass is 79.9. The normalized spacial score (nSPS) is 14.2. The van der Waals surface area contributed by atoms with E-state index in [1.807, 2.05) is 25.1 Å². The summed E-state index contributed by atoms with van der Waals surface area (Å²) in [5, 5.41) is 4.12. The highest BCUT2D eigenvalue weighted by molar-refractivity contribution is 9.10. The second-order valence-corrected chi connectivity index (χ2v) is 6.75. The Hall–Kier alpha value is -1.03. The Morgan fingerprint density at radius 3 is 2.71 bits per heavy atom. The molecule has 2 aromatic rings. The molecule has 0 radical (unpaired) electrons. The second-order valence-electron chi connectivity index (χ2n) is 5.43. The van der Waals surface area contributed by atoms with Gasteiger partial charge in [-0.2, -0.15) is 0 Å². The molecule has 0 heterocycles. The van der Waals surface area contributed by atoms with Gasteiger partial charge < -0.3 is 10.1 Å². The molecular formula is C17H17BrClNO. The molecule has 0 aromatic heterocycles. The third-order valence-electron chi connectivity index (χ3n) is 3.54. The summed E-state index contributed by atoms with van der Waals surface area (Å²) in [7, 11) is 0. The van der Waals surface area contributed by atoms with E-state index >= 15 is 0 Å². The minimum absolute atomic E-state index is 0.602. The first-order valence-corrected chi connectivity index (χ1v) is 8.25. The van der Waals surface area contributed by atoms with Crippen LogP contribution in [0.3, 0.4) is 0 Å². The first-order valence-electron chi connectivity index (χ1n) is 7.07. The number of halogens is 2. The first kappa shape index (κ1) is 14.9. The van der Waals surface area contributed by atoms with E-state index in [9.17, 15) is 0 Å². The molecule has 1 saturated carbocycles. The molecule has 110 valence electrons. The van der Waals surface area contributed by atoms with Gasteiger partial charge in [-0.15, -0.1) is 0 Å². The van der Waals surface area contributed by atoms with Gasteiger partial charge in [-0.25, -0.2) is 0 Å². The van der Waals surface area contributed by atoms with Crippen LogP contribution < -0.4 is 10.1 Å². The van der Waals surface area contributed by atoms with Gasteiger partial charge >= 0.3 is 0 Å². The van der Waals surface area contributed by atoms with Gasteiger partial charge in [0.05, 0.1) is 5.02 Å². The van der Waals surface area contributed by atoms with Crippen molar-refractivity contribution in [2.75, 3.05) is 0 Å². The van der Waals surface area contributed by atoms with Crippen molar-refractivity contribution in [3.05, 3.63) is 57.0 Å². The first-order chi connectivity index (χ1) is 10.1. The molecule has 2 nitrogen and oxygen atoms in total. The van der Waals surface area contributed by atoms with Crippen LogP contribution in [0.15, 0.2) is 40.9 Å². The molecule has 0 unspecified atom stereocenters. The summed E-state index contributed by atoms with van der Waals surface area (Å²) < 4.78 is 6.92. The average Bonchev–Trinajstić information content (AvgIpc) is 3.27. The molecule has 2 aromatic carbocycles. The second kappa shape index (κ2) is 6.39. The van der Waals surface area contributed by atoms with E-state index < -0.39 is 0 Å². The highest BCUT2D eigenvalue weighted by Gasteiger charge is 2.20. The molecule has 1 aliphatic rings. The summed E-state index contributed by atoms with van der Waals surface area (Å²) >= 11 is 9.61. The summed E-state index contributed by atoms with van der Waals surface area (Å²) in [5.74, 6) is 1.53. The molecule has 0 atom stereocenters. The summed E-state index contributed by atoms with van der Waals surface area (Å²) in [4.78, 5) is 0. The standard InChI is InChI=1S/C17H17BrClNO/c1-11-2-3-12(10-20-14-5-6-14)8-17(11)21-16-7-4-13(18)9-15(16)19/h2-4,7-9,14,20H,5-6,10H2,1H3. The summed E-state index contributed by atoms with van der Waals surface area (Å²) in [6.45, 7) is 2.93. The zero-order valence-electron chi connectivity index (χ0n) is 11.8. The molecule has 1 aliphatic carbocycles. The van der Waals surface area contributed by atoms with E-state index in [4.69, 9.17) is 16.3 Å². The maximum Gasteiger partial charge on any atom is 0.146 e. The van der Waals surface area contributed by atoms with Crippen LogP contribution >= 0.6 is 27.5 Å². The van der Waals surface area contributed by atoms with Crippen LogP contribution in [0, 0.1) is 6.92 Å². The lowest BCUT2D eigenvalue weighted by molar-refractivity contribution is 0.478. The molecule has 1 N–H and O–H groups in total. The number of benzene rings is 2. The van der Waals surface area contributed by atoms with Crippen molar-refractivity contribution in [2.24, 2.45) is 0 Å². The Bertz CT molecular complexity index is 655. The van der Waals surface area contributed by atoms with Crippen molar-refractivity contribution in [1.82, 2.24) is 5.32 Å². The van der Waals surface area contributed by atoms with Crippen LogP contribution in [0.4, 0.5) is 0 Å². The monoisotopic (exact) mass is 365 g/mol. The molecule has 1 fully saturated rings. The highest BCUT2D eigenvalue weighted by Crippen LogP contribution is 2.33. The van der Waals surface area contributed by atoms with Gasteiger partial charge in [-0.05, 0) is 55.2 Å². The van der Waals surface area contributed by atoms with E-state index in [0.717, 1.165) is 22.3 Å². The minimum Gasteiger partial charge on any atom is -0.456 e. The van der Waals surface area contributed by atoms with Gasteiger partial charge in [0, 0.05) is 17.1 Å². The van der Waals surface area contributed by atoms with Crippen LogP contribution in [0.25, 0.3) is 0 Å². The lowest BCUT2D eigenvalue weighted by Gasteiger charge is -2.12. The van der Waals surface area contributed by atoms with E-state index in [2.05, 4.69) is 39.4 Å². The predicted molar refractivity (Wildman–Crippen MR) is 90.3 cm³/mol. The van der Waals surface area contributed by atoms with Crippen LogP contribution in [0.5, 0.6) is 11.5 Å². The van der Waals surface area contributed by atoms with Gasteiger partial charge in [0.15, 0.2) is 0 Å². The van der Waals surface area contributed by atoms with Gasteiger partial charge in [0.2, 0.25) is 0 Å². The average molecular weight is 367 g/mol. The Labute approximate surface area is 138 Å². The molecule has 0 aliphatic heterocycles. The predicted octanol–water partition coefficient (Wildman–Crippen LogP) is 5.46. The van der Waals surface area contributed by atoms with Crippen molar-refractivity contribution in [3.8, 4) is 11.5 Å². The molecule has 0 bridgehead atoms. The fourth-order valence-corrected chi connectivity index (χ4v) is 2.80. The zero-order valence-corrected chi connectivity index (χ0v) is 14.2. The van der Waals surface area contributed by atoms with Crippen molar-refractivity contribution in [3.63, 3.8) is 0 Å². The summed E-state index contributed by atoms with van der Waals surface area (Å²) in [5.41, 5.74) is 2.33. The van der Waals surface area contributed by atoms with Crippen molar-refractivity contribution in [2.45, 2.75) is 32.4 Å². The number of nitrogens with one attached hydrogen (secondary N) is 1. The minimum atomic E-state index is 0.602. The number of ether oxygens (including phenoxy) is 1. The molecule has 3 rings (SSSR count). The number of hydrogen-bond acceptors (Lipinski definition) is 2. The van der Waals surface area contributed by atoms with Gasteiger partial charge in [0.1, 0.15) is 11.5 Å². The van der Waals surface area contributed by atoms with Crippen LogP contribution in [-0.2, 0) is 6.54 Å². The smallest absolute Gasteiger partial charge is 0.146 e. The zero-order chi connectivity index (χ0) is 14.8. The molecule has 0 saturated heterocycles. The molecule has 21 heavy (non-hydrogen) atoms. The lowest BCUT2D eigenvalue weighted by Crippen LogP contribution is -2.15. The quantitative estimate of drug-likeness (QED) is 0.759. The topological polar surface area (TPSA) is 21.3 Å². The van der Waals surface area contributed by atoms with E-state index in [1.54, 1.807) is 0 Å². The van der Waals surface area contributed by atoms with Crippen molar-refractivity contribution < 1.29 is 4.74 Å². The van der Waals surface area contributed by atoms with E-state index in [1.165, 1.54) is 18.4 Å². The Morgan fingerprint density at radius 1 is 1.19 bits per heavy atom. The third-order valence-corrected chi connectivity index (χ3v) is 4.33. The molecule has 4 heteroatoms. The van der Waals surface area contributed by atoms with Crippen molar-refractivity contribution in [1.29, 1.82) is 0 Å². The maximum absolute atomic E-state index is 6.22. The maximum atomic E-state index is 6.22. The number of hydrogen-bond donors (Lipinski definition) is 1. The molecule has 0 spiro atoms. The third kappa shape index (κ3) is 4.00. The summed E-state index contributed by atoms with van der Waals surface area (Å²) in [6, 6.07) is 12.7. The molecule has 0 amide bonds. The van der Waals surface area contributed by atoms with E-state index in [0.29, 0.717) is 16.8 Å². The van der Waals surface area contributed by atoms with Gasteiger partial charge in [-0.1, -0.05) is 39.7 Å². The van der Waals surface area contributed by atoms with Crippen LogP contribution in [0.2, 0.25) is 5.02 Å². The Balaban J connectivity index is 1.77. The SMILES string of the molecule is Cc1ccc(CNC2CC2)cc1Oc1ccc(Br)cc1Cl. The fraction of sp³-hybridized carbons (Fsp3) is 0.294. The Morgan fingerprint density at radius 2 is 2.00 bits per heavy atom. The number of rotatable bonds is 5. The fourth-order valence-electron chi connectivity index (χ4n) is 2.09. The lowest BCUT2D eigenvalue weighted by atomic mass is 10.1. The van der Waals surface area contributed by atoms with Crippen LogP contribution in [0.1, 0.15) is 24.0 Å². The van der Waals surface area contributed by atoms with Gasteiger partial charge in [-0.3, -0.25) is 0 Å². The van der Waals surface area contributed by atoms with Crippen molar-refractivity contribution >= 4 is 27.5 Å². The van der Waals surface area contributed by atoms with E-state index in [-0.39, 0.29) is 0 Å². The summed E-state index contributed by atoms with van der Waals surface area (Å²) in [6.07, 6.45) is 2.59.